The minimum absolute atomic E-state index is 0.166. The first kappa shape index (κ1) is 20.6. The van der Waals surface area contributed by atoms with Gasteiger partial charge < -0.3 is 15.5 Å². The Balaban J connectivity index is 1.61. The van der Waals surface area contributed by atoms with Gasteiger partial charge in [0.05, 0.1) is 6.54 Å². The Morgan fingerprint density at radius 1 is 1.04 bits per heavy atom. The number of nitrogens with one attached hydrogen (secondary N) is 2. The van der Waals surface area contributed by atoms with Gasteiger partial charge in [-0.05, 0) is 58.3 Å². The van der Waals surface area contributed by atoms with Crippen molar-refractivity contribution >= 4 is 33.3 Å². The summed E-state index contributed by atoms with van der Waals surface area (Å²) in [5.41, 5.74) is 4.67. The second-order valence-corrected chi connectivity index (χ2v) is 8.77. The largest absolute Gasteiger partial charge is 0.334 e. The molecular weight excluding hydrogens is 434 g/mol. The summed E-state index contributed by atoms with van der Waals surface area (Å²) < 4.78 is 1.04. The Bertz CT molecular complexity index is 922. The zero-order chi connectivity index (χ0) is 19.9. The predicted octanol–water partition coefficient (Wildman–Crippen LogP) is 5.24. The maximum Gasteiger partial charge on any atom is 0.315 e. The van der Waals surface area contributed by atoms with Crippen molar-refractivity contribution in [3.05, 3.63) is 80.5 Å². The lowest BCUT2D eigenvalue weighted by Crippen LogP contribution is -2.34. The molecule has 0 unspecified atom stereocenters. The van der Waals surface area contributed by atoms with Crippen molar-refractivity contribution in [2.24, 2.45) is 0 Å². The van der Waals surface area contributed by atoms with E-state index in [2.05, 4.69) is 82.0 Å². The average molecular weight is 458 g/mol. The second-order valence-electron chi connectivity index (χ2n) is 6.86. The maximum atomic E-state index is 12.2. The number of hydrogen-bond acceptors (Lipinski definition) is 3. The van der Waals surface area contributed by atoms with Gasteiger partial charge in [0.25, 0.3) is 0 Å². The highest BCUT2D eigenvalue weighted by atomic mass is 79.9. The minimum atomic E-state index is -0.166. The van der Waals surface area contributed by atoms with E-state index in [1.54, 1.807) is 11.3 Å². The van der Waals surface area contributed by atoms with Crippen LogP contribution < -0.4 is 10.6 Å². The molecule has 1 heterocycles. The fourth-order valence-corrected chi connectivity index (χ4v) is 4.35. The molecule has 0 atom stereocenters. The number of thiophene rings is 1. The molecule has 0 saturated carbocycles. The van der Waals surface area contributed by atoms with Crippen LogP contribution in [0.4, 0.5) is 4.79 Å². The van der Waals surface area contributed by atoms with Crippen molar-refractivity contribution in [1.29, 1.82) is 0 Å². The van der Waals surface area contributed by atoms with Crippen molar-refractivity contribution < 1.29 is 4.79 Å². The Kier molecular flexibility index (Phi) is 7.25. The number of carbonyl (C=O) groups excluding carboxylic acids is 1. The molecule has 2 N–H and O–H groups in total. The van der Waals surface area contributed by atoms with Crippen molar-refractivity contribution in [3.63, 3.8) is 0 Å². The van der Waals surface area contributed by atoms with Crippen molar-refractivity contribution in [3.8, 4) is 11.1 Å². The van der Waals surface area contributed by atoms with Crippen molar-refractivity contribution in [1.82, 2.24) is 15.5 Å². The molecule has 3 rings (SSSR count). The summed E-state index contributed by atoms with van der Waals surface area (Å²) in [6, 6.07) is 18.6. The lowest BCUT2D eigenvalue weighted by atomic mass is 9.98. The molecule has 146 valence electrons. The van der Waals surface area contributed by atoms with Crippen molar-refractivity contribution in [2.45, 2.75) is 19.6 Å². The summed E-state index contributed by atoms with van der Waals surface area (Å²) in [6.07, 6.45) is 0. The predicted molar refractivity (Wildman–Crippen MR) is 120 cm³/mol. The second kappa shape index (κ2) is 9.87. The van der Waals surface area contributed by atoms with Crippen LogP contribution in [0.25, 0.3) is 11.1 Å². The van der Waals surface area contributed by atoms with E-state index in [0.29, 0.717) is 13.1 Å². The Morgan fingerprint density at radius 2 is 1.75 bits per heavy atom. The Morgan fingerprint density at radius 3 is 2.43 bits per heavy atom. The van der Waals surface area contributed by atoms with Gasteiger partial charge in [0.15, 0.2) is 0 Å². The van der Waals surface area contributed by atoms with Gasteiger partial charge in [0, 0.05) is 27.8 Å². The summed E-state index contributed by atoms with van der Waals surface area (Å²) >= 11 is 5.04. The van der Waals surface area contributed by atoms with E-state index in [9.17, 15) is 4.79 Å². The SMILES string of the molecule is CN(C)Cc1ccc(-c2ccccc2CNC(=O)NCc2cc(Br)cs2)cc1. The zero-order valence-corrected chi connectivity index (χ0v) is 18.4. The number of urea groups is 1. The van der Waals surface area contributed by atoms with Gasteiger partial charge in [-0.3, -0.25) is 0 Å². The topological polar surface area (TPSA) is 44.4 Å². The normalized spacial score (nSPS) is 10.9. The quantitative estimate of drug-likeness (QED) is 0.509. The zero-order valence-electron chi connectivity index (χ0n) is 16.0. The molecule has 0 aliphatic heterocycles. The average Bonchev–Trinajstić information content (AvgIpc) is 3.10. The molecule has 0 bridgehead atoms. The number of hydrogen-bond donors (Lipinski definition) is 2. The fourth-order valence-electron chi connectivity index (χ4n) is 2.96. The molecule has 0 saturated heterocycles. The van der Waals surface area contributed by atoms with Crippen molar-refractivity contribution in [2.75, 3.05) is 14.1 Å². The van der Waals surface area contributed by atoms with Gasteiger partial charge >= 0.3 is 6.03 Å². The van der Waals surface area contributed by atoms with Crippen LogP contribution in [0.15, 0.2) is 64.5 Å². The van der Waals surface area contributed by atoms with Crippen LogP contribution in [0.2, 0.25) is 0 Å². The highest BCUT2D eigenvalue weighted by Gasteiger charge is 2.07. The first-order valence-electron chi connectivity index (χ1n) is 9.08. The van der Waals surface area contributed by atoms with Crippen LogP contribution in [0.5, 0.6) is 0 Å². The number of halogens is 1. The number of rotatable bonds is 7. The molecule has 6 heteroatoms. The molecule has 0 aliphatic carbocycles. The monoisotopic (exact) mass is 457 g/mol. The molecule has 28 heavy (non-hydrogen) atoms. The summed E-state index contributed by atoms with van der Waals surface area (Å²) in [7, 11) is 4.13. The van der Waals surface area contributed by atoms with E-state index < -0.39 is 0 Å². The molecule has 3 aromatic rings. The highest BCUT2D eigenvalue weighted by molar-refractivity contribution is 9.10. The van der Waals surface area contributed by atoms with E-state index in [-0.39, 0.29) is 6.03 Å². The molecule has 0 radical (unpaired) electrons. The maximum absolute atomic E-state index is 12.2. The minimum Gasteiger partial charge on any atom is -0.334 e. The number of carbonyl (C=O) groups is 1. The summed E-state index contributed by atoms with van der Waals surface area (Å²) in [6.45, 7) is 1.93. The molecule has 4 nitrogen and oxygen atoms in total. The fraction of sp³-hybridized carbons (Fsp3) is 0.227. The van der Waals surface area contributed by atoms with Crippen LogP contribution in [0.3, 0.4) is 0 Å². The van der Waals surface area contributed by atoms with Gasteiger partial charge in [0.2, 0.25) is 0 Å². The Labute approximate surface area is 178 Å². The van der Waals surface area contributed by atoms with Crippen LogP contribution in [0.1, 0.15) is 16.0 Å². The van der Waals surface area contributed by atoms with E-state index >= 15 is 0 Å². The number of nitrogens with zero attached hydrogens (tertiary/aromatic N) is 1. The lowest BCUT2D eigenvalue weighted by Gasteiger charge is -2.13. The Hall–Kier alpha value is -2.15. The van der Waals surface area contributed by atoms with Gasteiger partial charge in [-0.25, -0.2) is 4.79 Å². The van der Waals surface area contributed by atoms with Crippen LogP contribution in [0, 0.1) is 0 Å². The molecule has 1 aromatic heterocycles. The van der Waals surface area contributed by atoms with E-state index in [4.69, 9.17) is 0 Å². The van der Waals surface area contributed by atoms with Gasteiger partial charge in [-0.2, -0.15) is 0 Å². The van der Waals surface area contributed by atoms with Crippen LogP contribution in [-0.4, -0.2) is 25.0 Å². The van der Waals surface area contributed by atoms with E-state index in [1.807, 2.05) is 23.6 Å². The van der Waals surface area contributed by atoms with E-state index in [1.165, 1.54) is 5.56 Å². The third-order valence-electron chi connectivity index (χ3n) is 4.27. The van der Waals surface area contributed by atoms with E-state index in [0.717, 1.165) is 32.6 Å². The summed E-state index contributed by atoms with van der Waals surface area (Å²) in [5, 5.41) is 7.87. The van der Waals surface area contributed by atoms with Gasteiger partial charge in [-0.1, -0.05) is 48.5 Å². The summed E-state index contributed by atoms with van der Waals surface area (Å²) in [4.78, 5) is 15.4. The molecular formula is C22H24BrN3OS. The highest BCUT2D eigenvalue weighted by Crippen LogP contribution is 2.24. The lowest BCUT2D eigenvalue weighted by molar-refractivity contribution is 0.240. The van der Waals surface area contributed by atoms with Gasteiger partial charge in [-0.15, -0.1) is 11.3 Å². The molecule has 0 spiro atoms. The molecule has 2 aromatic carbocycles. The molecule has 2 amide bonds. The third-order valence-corrected chi connectivity index (χ3v) is 5.96. The van der Waals surface area contributed by atoms with Crippen LogP contribution >= 0.6 is 27.3 Å². The standard InChI is InChI=1S/C22H24BrN3OS/c1-26(2)14-16-7-9-17(10-8-16)21-6-4-3-5-18(21)12-24-22(27)25-13-20-11-19(23)15-28-20/h3-11,15H,12-14H2,1-2H3,(H2,24,25,27). The van der Waals surface area contributed by atoms with Gasteiger partial charge in [0.1, 0.15) is 0 Å². The number of benzene rings is 2. The first-order valence-corrected chi connectivity index (χ1v) is 10.7. The molecule has 0 aliphatic rings. The first-order chi connectivity index (χ1) is 13.5. The summed E-state index contributed by atoms with van der Waals surface area (Å²) in [5.74, 6) is 0. The van der Waals surface area contributed by atoms with Crippen LogP contribution in [-0.2, 0) is 19.6 Å². The third kappa shape index (κ3) is 5.92. The molecule has 0 fully saturated rings. The smallest absolute Gasteiger partial charge is 0.315 e. The number of amides is 2.